The Morgan fingerprint density at radius 2 is 2.37 bits per heavy atom. The lowest BCUT2D eigenvalue weighted by molar-refractivity contribution is -0.122. The minimum absolute atomic E-state index is 0.00125. The van der Waals surface area contributed by atoms with Crippen LogP contribution in [0, 0.1) is 0 Å². The second-order valence-electron chi connectivity index (χ2n) is 5.51. The molecule has 6 nitrogen and oxygen atoms in total. The predicted octanol–water partition coefficient (Wildman–Crippen LogP) is 0.0188. The summed E-state index contributed by atoms with van der Waals surface area (Å²) in [6.45, 7) is 2.31. The summed E-state index contributed by atoms with van der Waals surface area (Å²) in [5.41, 5.74) is 7.10. The van der Waals surface area contributed by atoms with E-state index in [9.17, 15) is 4.79 Å². The fraction of sp³-hybridized carbons (Fsp3) is 0.692. The minimum Gasteiger partial charge on any atom is -0.352 e. The molecule has 1 aromatic rings. The molecule has 1 saturated carbocycles. The zero-order valence-electron chi connectivity index (χ0n) is 11.8. The van der Waals surface area contributed by atoms with Crippen molar-refractivity contribution in [3.05, 3.63) is 18.0 Å². The van der Waals surface area contributed by atoms with E-state index in [4.69, 9.17) is 5.73 Å². The first-order chi connectivity index (χ1) is 8.97. The van der Waals surface area contributed by atoms with E-state index in [0.717, 1.165) is 18.4 Å². The number of carbonyl (C=O) groups is 1. The average molecular weight is 265 g/mol. The van der Waals surface area contributed by atoms with Crippen molar-refractivity contribution >= 4 is 5.91 Å². The van der Waals surface area contributed by atoms with E-state index in [2.05, 4.69) is 10.4 Å². The third kappa shape index (κ3) is 3.78. The Morgan fingerprint density at radius 1 is 1.68 bits per heavy atom. The van der Waals surface area contributed by atoms with Gasteiger partial charge in [0.05, 0.1) is 18.8 Å². The topological polar surface area (TPSA) is 76.2 Å². The second kappa shape index (κ2) is 5.71. The molecule has 2 unspecified atom stereocenters. The Balaban J connectivity index is 1.99. The van der Waals surface area contributed by atoms with Crippen molar-refractivity contribution in [3.63, 3.8) is 0 Å². The fourth-order valence-corrected chi connectivity index (χ4v) is 2.38. The van der Waals surface area contributed by atoms with E-state index in [0.29, 0.717) is 12.6 Å². The number of nitrogens with two attached hydrogens (primary N) is 1. The highest BCUT2D eigenvalue weighted by molar-refractivity contribution is 5.78. The minimum atomic E-state index is -0.0667. The third-order valence-corrected chi connectivity index (χ3v) is 3.37. The summed E-state index contributed by atoms with van der Waals surface area (Å²) in [7, 11) is 3.80. The Bertz CT molecular complexity index is 438. The zero-order valence-corrected chi connectivity index (χ0v) is 11.8. The molecule has 2 atom stereocenters. The van der Waals surface area contributed by atoms with Gasteiger partial charge in [-0.15, -0.1) is 0 Å². The number of rotatable bonds is 6. The van der Waals surface area contributed by atoms with Gasteiger partial charge in [-0.2, -0.15) is 5.10 Å². The van der Waals surface area contributed by atoms with Crippen LogP contribution in [0.15, 0.2) is 12.4 Å². The maximum atomic E-state index is 11.9. The van der Waals surface area contributed by atoms with Crippen molar-refractivity contribution < 1.29 is 4.79 Å². The first-order valence-electron chi connectivity index (χ1n) is 6.71. The van der Waals surface area contributed by atoms with Gasteiger partial charge in [0.1, 0.15) is 0 Å². The molecule has 0 radical (unpaired) electrons. The molecule has 1 aliphatic carbocycles. The van der Waals surface area contributed by atoms with Crippen molar-refractivity contribution in [3.8, 4) is 0 Å². The quantitative estimate of drug-likeness (QED) is 0.760. The lowest BCUT2D eigenvalue weighted by atomic mass is 10.0. The van der Waals surface area contributed by atoms with Crippen LogP contribution in [0.25, 0.3) is 0 Å². The number of nitrogens with zero attached hydrogens (tertiary/aromatic N) is 3. The van der Waals surface area contributed by atoms with Crippen molar-refractivity contribution in [2.45, 2.75) is 37.9 Å². The van der Waals surface area contributed by atoms with E-state index in [1.165, 1.54) is 0 Å². The van der Waals surface area contributed by atoms with Crippen LogP contribution in [0.2, 0.25) is 0 Å². The summed E-state index contributed by atoms with van der Waals surface area (Å²) in [4.78, 5) is 13.8. The summed E-state index contributed by atoms with van der Waals surface area (Å²) in [6.07, 6.45) is 5.97. The van der Waals surface area contributed by atoms with Gasteiger partial charge in [-0.3, -0.25) is 14.4 Å². The van der Waals surface area contributed by atoms with Crippen LogP contribution in [-0.2, 0) is 11.8 Å². The Labute approximate surface area is 113 Å². The molecule has 1 aromatic heterocycles. The number of hydrogen-bond donors (Lipinski definition) is 2. The van der Waals surface area contributed by atoms with Gasteiger partial charge in [-0.05, 0) is 26.8 Å². The largest absolute Gasteiger partial charge is 0.352 e. The van der Waals surface area contributed by atoms with Gasteiger partial charge in [0.15, 0.2) is 0 Å². The maximum Gasteiger partial charge on any atom is 0.234 e. The summed E-state index contributed by atoms with van der Waals surface area (Å²) in [5, 5.41) is 7.17. The fourth-order valence-electron chi connectivity index (χ4n) is 2.38. The van der Waals surface area contributed by atoms with Gasteiger partial charge >= 0.3 is 0 Å². The second-order valence-corrected chi connectivity index (χ2v) is 5.51. The lowest BCUT2D eigenvalue weighted by Crippen LogP contribution is -2.43. The van der Waals surface area contributed by atoms with E-state index in [1.807, 2.05) is 38.3 Å². The molecule has 0 spiro atoms. The van der Waals surface area contributed by atoms with Gasteiger partial charge in [-0.1, -0.05) is 0 Å². The van der Waals surface area contributed by atoms with Crippen molar-refractivity contribution in [2.75, 3.05) is 13.6 Å². The molecular weight excluding hydrogens is 242 g/mol. The Morgan fingerprint density at radius 3 is 2.84 bits per heavy atom. The molecule has 1 heterocycles. The standard InChI is InChI=1S/C13H23N5O/c1-9(14)13(10-6-15-18(3)7-10)17(2)8-12(19)16-11-4-5-11/h6-7,9,11,13H,4-5,8,14H2,1-3H3,(H,16,19). The highest BCUT2D eigenvalue weighted by atomic mass is 16.2. The van der Waals surface area contributed by atoms with Gasteiger partial charge in [-0.25, -0.2) is 0 Å². The maximum absolute atomic E-state index is 11.9. The molecule has 1 aliphatic rings. The Hall–Kier alpha value is -1.40. The number of aromatic nitrogens is 2. The van der Waals surface area contributed by atoms with Crippen LogP contribution in [0.5, 0.6) is 0 Å². The third-order valence-electron chi connectivity index (χ3n) is 3.37. The molecule has 106 valence electrons. The zero-order chi connectivity index (χ0) is 14.0. The first kappa shape index (κ1) is 14.0. The summed E-state index contributed by atoms with van der Waals surface area (Å²) in [6, 6.07) is 0.328. The monoisotopic (exact) mass is 265 g/mol. The van der Waals surface area contributed by atoms with Crippen molar-refractivity contribution in [1.29, 1.82) is 0 Å². The van der Waals surface area contributed by atoms with Crippen LogP contribution in [0.4, 0.5) is 0 Å². The normalized spacial score (nSPS) is 18.4. The van der Waals surface area contributed by atoms with Gasteiger partial charge in [0.25, 0.3) is 0 Å². The summed E-state index contributed by atoms with van der Waals surface area (Å²) < 4.78 is 1.75. The molecule has 6 heteroatoms. The van der Waals surface area contributed by atoms with E-state index >= 15 is 0 Å². The number of amides is 1. The number of nitrogens with one attached hydrogen (secondary N) is 1. The molecule has 0 aliphatic heterocycles. The molecule has 19 heavy (non-hydrogen) atoms. The van der Waals surface area contributed by atoms with Gasteiger partial charge < -0.3 is 11.1 Å². The lowest BCUT2D eigenvalue weighted by Gasteiger charge is -2.29. The van der Waals surface area contributed by atoms with E-state index in [-0.39, 0.29) is 18.0 Å². The first-order valence-corrected chi connectivity index (χ1v) is 6.71. The highest BCUT2D eigenvalue weighted by Crippen LogP contribution is 2.22. The van der Waals surface area contributed by atoms with Crippen LogP contribution < -0.4 is 11.1 Å². The SMILES string of the molecule is CC(N)C(c1cnn(C)c1)N(C)CC(=O)NC1CC1. The Kier molecular flexibility index (Phi) is 4.21. The van der Waals surface area contributed by atoms with E-state index in [1.54, 1.807) is 4.68 Å². The molecular formula is C13H23N5O. The number of likely N-dealkylation sites (N-methyl/N-ethyl adjacent to an activating group) is 1. The average Bonchev–Trinajstić information content (AvgIpc) is 3.00. The van der Waals surface area contributed by atoms with Crippen molar-refractivity contribution in [2.24, 2.45) is 12.8 Å². The molecule has 0 aromatic carbocycles. The molecule has 2 rings (SSSR count). The van der Waals surface area contributed by atoms with Crippen LogP contribution in [0.1, 0.15) is 31.4 Å². The number of aryl methyl sites for hydroxylation is 1. The summed E-state index contributed by atoms with van der Waals surface area (Å²) >= 11 is 0. The number of hydrogen-bond acceptors (Lipinski definition) is 4. The predicted molar refractivity (Wildman–Crippen MR) is 73.4 cm³/mol. The molecule has 1 fully saturated rings. The van der Waals surface area contributed by atoms with Crippen LogP contribution in [-0.4, -0.2) is 46.3 Å². The van der Waals surface area contributed by atoms with E-state index < -0.39 is 0 Å². The molecule has 3 N–H and O–H groups in total. The highest BCUT2D eigenvalue weighted by Gasteiger charge is 2.27. The van der Waals surface area contributed by atoms with Crippen molar-refractivity contribution in [1.82, 2.24) is 20.0 Å². The van der Waals surface area contributed by atoms with Crippen LogP contribution in [0.3, 0.4) is 0 Å². The van der Waals surface area contributed by atoms with Crippen LogP contribution >= 0.6 is 0 Å². The smallest absolute Gasteiger partial charge is 0.234 e. The molecule has 1 amide bonds. The number of carbonyl (C=O) groups excluding carboxylic acids is 1. The molecule has 0 saturated heterocycles. The van der Waals surface area contributed by atoms with Gasteiger partial charge in [0.2, 0.25) is 5.91 Å². The molecule has 0 bridgehead atoms. The van der Waals surface area contributed by atoms with Gasteiger partial charge in [0, 0.05) is 30.9 Å². The summed E-state index contributed by atoms with van der Waals surface area (Å²) in [5.74, 6) is 0.0690.